The zero-order chi connectivity index (χ0) is 18.8. The third-order valence-corrected chi connectivity index (χ3v) is 6.52. The fourth-order valence-corrected chi connectivity index (χ4v) is 4.80. The number of ether oxygens (including phenoxy) is 1. The number of carbonyl (C=O) groups is 1. The molecule has 0 amide bonds. The van der Waals surface area contributed by atoms with E-state index in [1.54, 1.807) is 11.9 Å². The number of aliphatic carboxylic acids is 1. The lowest BCUT2D eigenvalue weighted by atomic mass is 9.80. The summed E-state index contributed by atoms with van der Waals surface area (Å²) in [5.41, 5.74) is 1.18. The Morgan fingerprint density at radius 2 is 2.15 bits per heavy atom. The van der Waals surface area contributed by atoms with E-state index in [4.69, 9.17) is 9.84 Å². The third-order valence-electron chi connectivity index (χ3n) is 4.75. The molecule has 1 aromatic carbocycles. The van der Waals surface area contributed by atoms with Crippen LogP contribution in [0.15, 0.2) is 34.0 Å². The van der Waals surface area contributed by atoms with Crippen LogP contribution < -0.4 is 9.64 Å². The van der Waals surface area contributed by atoms with Gasteiger partial charge in [-0.05, 0) is 56.1 Å². The molecule has 1 fully saturated rings. The molecule has 142 valence electrons. The molecule has 1 N–H and O–H groups in total. The third kappa shape index (κ3) is 4.13. The zero-order valence-electron chi connectivity index (χ0n) is 15.1. The Morgan fingerprint density at radius 3 is 2.77 bits per heavy atom. The number of hydrogen-bond acceptors (Lipinski definition) is 6. The van der Waals surface area contributed by atoms with E-state index in [1.807, 2.05) is 19.4 Å². The lowest BCUT2D eigenvalue weighted by Crippen LogP contribution is -2.45. The number of nitrogens with zero attached hydrogens (tertiary/aromatic N) is 2. The van der Waals surface area contributed by atoms with Crippen molar-refractivity contribution in [1.82, 2.24) is 4.31 Å². The van der Waals surface area contributed by atoms with Gasteiger partial charge in [-0.15, -0.1) is 11.8 Å². The standard InChI is InChI=1S/C18H23FN2O3S2/c1-11-6-12(7-11)21-5-4-20(2)26-16-9-15(17(25-3)8-14(16)21)24-10-13(19)18(22)23/h8-12H,4-7H2,1-3H3,(H,22,23)/b13-10-. The molecule has 3 rings (SSSR count). The van der Waals surface area contributed by atoms with Crippen LogP contribution in [0, 0.1) is 5.92 Å². The second-order valence-corrected chi connectivity index (χ2v) is 8.82. The summed E-state index contributed by atoms with van der Waals surface area (Å²) >= 11 is 3.14. The number of carboxylic acids is 1. The summed E-state index contributed by atoms with van der Waals surface area (Å²) in [5, 5.41) is 8.66. The van der Waals surface area contributed by atoms with Gasteiger partial charge in [-0.2, -0.15) is 4.39 Å². The summed E-state index contributed by atoms with van der Waals surface area (Å²) in [4.78, 5) is 15.0. The molecular formula is C18H23FN2O3S2. The molecule has 1 aliphatic heterocycles. The van der Waals surface area contributed by atoms with Gasteiger partial charge in [0.1, 0.15) is 12.0 Å². The number of likely N-dealkylation sites (N-methyl/N-ethyl adjacent to an activating group) is 1. The minimum Gasteiger partial charge on any atom is -0.476 e. The molecule has 0 bridgehead atoms. The van der Waals surface area contributed by atoms with Gasteiger partial charge in [0.05, 0.1) is 15.5 Å². The average Bonchev–Trinajstić information content (AvgIpc) is 2.73. The van der Waals surface area contributed by atoms with Gasteiger partial charge in [-0.25, -0.2) is 9.10 Å². The zero-order valence-corrected chi connectivity index (χ0v) is 16.7. The number of anilines is 1. The molecule has 1 heterocycles. The predicted molar refractivity (Wildman–Crippen MR) is 104 cm³/mol. The summed E-state index contributed by atoms with van der Waals surface area (Å²) < 4.78 is 20.8. The normalized spacial score (nSPS) is 23.8. The van der Waals surface area contributed by atoms with Crippen molar-refractivity contribution in [2.45, 2.75) is 35.6 Å². The van der Waals surface area contributed by atoms with Gasteiger partial charge in [-0.1, -0.05) is 6.92 Å². The number of carboxylic acid groups (broad SMARTS) is 1. The Kier molecular flexibility index (Phi) is 6.04. The van der Waals surface area contributed by atoms with E-state index >= 15 is 0 Å². The molecule has 2 aliphatic rings. The Balaban J connectivity index is 1.95. The lowest BCUT2D eigenvalue weighted by molar-refractivity contribution is -0.134. The van der Waals surface area contributed by atoms with Crippen LogP contribution in [0.5, 0.6) is 5.75 Å². The van der Waals surface area contributed by atoms with Crippen molar-refractivity contribution in [2.75, 3.05) is 31.3 Å². The highest BCUT2D eigenvalue weighted by Gasteiger charge is 2.34. The minimum atomic E-state index is -1.63. The summed E-state index contributed by atoms with van der Waals surface area (Å²) in [6, 6.07) is 4.52. The van der Waals surface area contributed by atoms with E-state index in [1.165, 1.54) is 30.3 Å². The van der Waals surface area contributed by atoms with Gasteiger partial charge in [0.25, 0.3) is 0 Å². The largest absolute Gasteiger partial charge is 0.476 e. The quantitative estimate of drug-likeness (QED) is 0.345. The van der Waals surface area contributed by atoms with Crippen molar-refractivity contribution < 1.29 is 19.0 Å². The molecule has 1 saturated carbocycles. The Hall–Kier alpha value is -1.38. The van der Waals surface area contributed by atoms with Gasteiger partial charge >= 0.3 is 5.97 Å². The molecule has 8 heteroatoms. The predicted octanol–water partition coefficient (Wildman–Crippen LogP) is 4.24. The van der Waals surface area contributed by atoms with Crippen LogP contribution in [0.3, 0.4) is 0 Å². The van der Waals surface area contributed by atoms with Crippen LogP contribution in [0.1, 0.15) is 19.8 Å². The Bertz CT molecular complexity index is 723. The summed E-state index contributed by atoms with van der Waals surface area (Å²) in [6.45, 7) is 4.20. The number of thioether (sulfide) groups is 1. The van der Waals surface area contributed by atoms with Crippen LogP contribution in [0.25, 0.3) is 0 Å². The first-order chi connectivity index (χ1) is 12.4. The Labute approximate surface area is 161 Å². The summed E-state index contributed by atoms with van der Waals surface area (Å²) in [6.07, 6.45) is 4.98. The van der Waals surface area contributed by atoms with Crippen LogP contribution in [-0.4, -0.2) is 47.8 Å². The molecule has 1 aliphatic carbocycles. The number of rotatable bonds is 5. The molecule has 1 aromatic rings. The maximum Gasteiger partial charge on any atom is 0.368 e. The first-order valence-corrected chi connectivity index (χ1v) is 10.5. The topological polar surface area (TPSA) is 53.0 Å². The monoisotopic (exact) mass is 398 g/mol. The SMILES string of the molecule is CSc1cc2c(cc1O/C=C(\F)C(=O)O)SN(C)CCN2C1CC(C)C1. The highest BCUT2D eigenvalue weighted by Crippen LogP contribution is 2.45. The van der Waals surface area contributed by atoms with Crippen molar-refractivity contribution >= 4 is 35.4 Å². The van der Waals surface area contributed by atoms with E-state index in [2.05, 4.69) is 22.2 Å². The van der Waals surface area contributed by atoms with E-state index in [0.717, 1.165) is 28.8 Å². The molecular weight excluding hydrogens is 375 g/mol. The number of hydrogen-bond donors (Lipinski definition) is 1. The summed E-state index contributed by atoms with van der Waals surface area (Å²) in [5.74, 6) is -1.71. The summed E-state index contributed by atoms with van der Waals surface area (Å²) in [7, 11) is 2.05. The second kappa shape index (κ2) is 8.10. The minimum absolute atomic E-state index is 0.470. The van der Waals surface area contributed by atoms with Gasteiger partial charge in [0, 0.05) is 19.1 Å². The van der Waals surface area contributed by atoms with Crippen LogP contribution in [0.4, 0.5) is 10.1 Å². The van der Waals surface area contributed by atoms with Crippen molar-refractivity contribution in [3.8, 4) is 5.75 Å². The number of fused-ring (bicyclic) bond motifs is 1. The maximum absolute atomic E-state index is 13.3. The highest BCUT2D eigenvalue weighted by molar-refractivity contribution is 7.98. The van der Waals surface area contributed by atoms with Crippen molar-refractivity contribution in [3.63, 3.8) is 0 Å². The molecule has 0 unspecified atom stereocenters. The van der Waals surface area contributed by atoms with Crippen molar-refractivity contribution in [3.05, 3.63) is 24.2 Å². The van der Waals surface area contributed by atoms with E-state index < -0.39 is 11.8 Å². The fourth-order valence-electron chi connectivity index (χ4n) is 3.32. The van der Waals surface area contributed by atoms with Gasteiger partial charge in [-0.3, -0.25) is 0 Å². The van der Waals surface area contributed by atoms with Crippen LogP contribution in [0.2, 0.25) is 0 Å². The van der Waals surface area contributed by atoms with E-state index in [-0.39, 0.29) is 0 Å². The number of halogens is 1. The smallest absolute Gasteiger partial charge is 0.368 e. The van der Waals surface area contributed by atoms with Gasteiger partial charge in [0.2, 0.25) is 5.83 Å². The average molecular weight is 399 g/mol. The molecule has 0 spiro atoms. The Morgan fingerprint density at radius 1 is 1.42 bits per heavy atom. The molecule has 5 nitrogen and oxygen atoms in total. The molecule has 0 atom stereocenters. The molecule has 0 radical (unpaired) electrons. The first kappa shape index (κ1) is 19.4. The van der Waals surface area contributed by atoms with Crippen LogP contribution >= 0.6 is 23.7 Å². The second-order valence-electron chi connectivity index (χ2n) is 6.73. The van der Waals surface area contributed by atoms with E-state index in [9.17, 15) is 9.18 Å². The lowest BCUT2D eigenvalue weighted by Gasteiger charge is -2.43. The fraction of sp³-hybridized carbons (Fsp3) is 0.500. The van der Waals surface area contributed by atoms with Crippen LogP contribution in [-0.2, 0) is 4.79 Å². The molecule has 0 saturated heterocycles. The van der Waals surface area contributed by atoms with Crippen molar-refractivity contribution in [2.24, 2.45) is 5.92 Å². The molecule has 26 heavy (non-hydrogen) atoms. The van der Waals surface area contributed by atoms with Crippen molar-refractivity contribution in [1.29, 1.82) is 0 Å². The van der Waals surface area contributed by atoms with Gasteiger partial charge < -0.3 is 14.7 Å². The first-order valence-electron chi connectivity index (χ1n) is 8.52. The number of benzene rings is 1. The maximum atomic E-state index is 13.3. The van der Waals surface area contributed by atoms with Gasteiger partial charge in [0.15, 0.2) is 0 Å². The van der Waals surface area contributed by atoms with E-state index in [0.29, 0.717) is 18.1 Å². The molecule has 0 aromatic heterocycles. The highest BCUT2D eigenvalue weighted by atomic mass is 32.2.